The molecule has 1 unspecified atom stereocenters. The van der Waals surface area contributed by atoms with Gasteiger partial charge in [0.1, 0.15) is 5.82 Å². The quantitative estimate of drug-likeness (QED) is 0.724. The molecule has 0 fully saturated rings. The SMILES string of the molecule is CN(C)c1cc(C2C=C(Cl)C(Cl)=C(Cl)C2)ccc1F. The number of benzene rings is 1. The molecule has 0 amide bonds. The topological polar surface area (TPSA) is 3.24 Å². The van der Waals surface area contributed by atoms with Crippen molar-refractivity contribution in [2.24, 2.45) is 0 Å². The standard InChI is InChI=1S/C14H13Cl3FN/c1-19(2)13-7-8(3-4-12(13)18)9-5-10(15)14(17)11(16)6-9/h3-5,7,9H,6H2,1-2H3. The van der Waals surface area contributed by atoms with Gasteiger partial charge in [-0.2, -0.15) is 0 Å². The smallest absolute Gasteiger partial charge is 0.146 e. The Morgan fingerprint density at radius 1 is 1.21 bits per heavy atom. The minimum atomic E-state index is -0.251. The van der Waals surface area contributed by atoms with Gasteiger partial charge in [0.05, 0.1) is 15.8 Å². The largest absolute Gasteiger partial charge is 0.375 e. The summed E-state index contributed by atoms with van der Waals surface area (Å²) in [5.74, 6) is -0.235. The lowest BCUT2D eigenvalue weighted by Crippen LogP contribution is -2.12. The maximum Gasteiger partial charge on any atom is 0.146 e. The minimum absolute atomic E-state index is 0.0156. The van der Waals surface area contributed by atoms with E-state index in [-0.39, 0.29) is 11.7 Å². The van der Waals surface area contributed by atoms with E-state index >= 15 is 0 Å². The Morgan fingerprint density at radius 3 is 2.47 bits per heavy atom. The number of nitrogens with zero attached hydrogens (tertiary/aromatic N) is 1. The lowest BCUT2D eigenvalue weighted by Gasteiger charge is -2.21. The van der Waals surface area contributed by atoms with Crippen LogP contribution in [0.4, 0.5) is 10.1 Å². The summed E-state index contributed by atoms with van der Waals surface area (Å²) < 4.78 is 13.7. The van der Waals surface area contributed by atoms with E-state index in [0.29, 0.717) is 27.2 Å². The van der Waals surface area contributed by atoms with Crippen LogP contribution in [0.2, 0.25) is 0 Å². The van der Waals surface area contributed by atoms with Crippen LogP contribution < -0.4 is 4.90 Å². The molecule has 0 heterocycles. The van der Waals surface area contributed by atoms with Crippen molar-refractivity contribution in [1.82, 2.24) is 0 Å². The predicted octanol–water partition coefficient (Wildman–Crippen LogP) is 5.19. The van der Waals surface area contributed by atoms with E-state index < -0.39 is 0 Å². The average Bonchev–Trinajstić information content (AvgIpc) is 2.35. The number of rotatable bonds is 2. The van der Waals surface area contributed by atoms with Crippen LogP contribution in [0.5, 0.6) is 0 Å². The fraction of sp³-hybridized carbons (Fsp3) is 0.286. The van der Waals surface area contributed by atoms with E-state index in [1.54, 1.807) is 25.1 Å². The summed E-state index contributed by atoms with van der Waals surface area (Å²) in [6, 6.07) is 5.02. The van der Waals surface area contributed by atoms with Crippen molar-refractivity contribution in [3.8, 4) is 0 Å². The van der Waals surface area contributed by atoms with Crippen LogP contribution in [0.15, 0.2) is 39.4 Å². The maximum atomic E-state index is 13.7. The number of anilines is 1. The van der Waals surface area contributed by atoms with Crippen molar-refractivity contribution in [2.45, 2.75) is 12.3 Å². The highest BCUT2D eigenvalue weighted by Crippen LogP contribution is 2.40. The number of hydrogen-bond donors (Lipinski definition) is 0. The Morgan fingerprint density at radius 2 is 1.89 bits per heavy atom. The van der Waals surface area contributed by atoms with E-state index in [9.17, 15) is 4.39 Å². The second kappa shape index (κ2) is 5.74. The Balaban J connectivity index is 2.37. The highest BCUT2D eigenvalue weighted by Gasteiger charge is 2.21. The Bertz CT molecular complexity index is 564. The van der Waals surface area contributed by atoms with Crippen molar-refractivity contribution in [1.29, 1.82) is 0 Å². The van der Waals surface area contributed by atoms with Crippen LogP contribution in [0.25, 0.3) is 0 Å². The Hall–Kier alpha value is -0.700. The van der Waals surface area contributed by atoms with Gasteiger partial charge >= 0.3 is 0 Å². The van der Waals surface area contributed by atoms with Gasteiger partial charge in [-0.1, -0.05) is 46.9 Å². The highest BCUT2D eigenvalue weighted by molar-refractivity contribution is 6.48. The summed E-state index contributed by atoms with van der Waals surface area (Å²) in [5.41, 5.74) is 1.50. The Kier molecular flexibility index (Phi) is 4.44. The monoisotopic (exact) mass is 319 g/mol. The van der Waals surface area contributed by atoms with Gasteiger partial charge in [-0.15, -0.1) is 0 Å². The molecule has 102 valence electrons. The van der Waals surface area contributed by atoms with E-state index in [1.807, 2.05) is 12.1 Å². The minimum Gasteiger partial charge on any atom is -0.375 e. The second-order valence-electron chi connectivity index (χ2n) is 4.65. The van der Waals surface area contributed by atoms with Gasteiger partial charge in [0, 0.05) is 25.0 Å². The molecule has 0 spiro atoms. The molecule has 1 nitrogen and oxygen atoms in total. The molecule has 0 bridgehead atoms. The summed E-state index contributed by atoms with van der Waals surface area (Å²) in [6.45, 7) is 0. The molecule has 1 aromatic rings. The number of halogens is 4. The third-order valence-corrected chi connectivity index (χ3v) is 4.36. The Labute approximate surface area is 127 Å². The van der Waals surface area contributed by atoms with Crippen molar-refractivity contribution in [3.05, 3.63) is 50.8 Å². The molecule has 0 saturated heterocycles. The first-order valence-electron chi connectivity index (χ1n) is 5.78. The average molecular weight is 321 g/mol. The summed E-state index contributed by atoms with van der Waals surface area (Å²) in [5, 5.41) is 1.38. The predicted molar refractivity (Wildman–Crippen MR) is 80.8 cm³/mol. The normalized spacial score (nSPS) is 19.5. The molecular weight excluding hydrogens is 308 g/mol. The molecule has 1 atom stereocenters. The van der Waals surface area contributed by atoms with Gasteiger partial charge in [-0.3, -0.25) is 0 Å². The molecule has 1 aliphatic rings. The molecule has 0 N–H and O–H groups in total. The third-order valence-electron chi connectivity index (χ3n) is 3.07. The molecule has 1 aliphatic carbocycles. The molecule has 0 aromatic heterocycles. The zero-order valence-corrected chi connectivity index (χ0v) is 12.8. The van der Waals surface area contributed by atoms with Crippen LogP contribution in [-0.2, 0) is 0 Å². The molecule has 0 radical (unpaired) electrons. The van der Waals surface area contributed by atoms with Gasteiger partial charge in [-0.25, -0.2) is 4.39 Å². The first-order valence-corrected chi connectivity index (χ1v) is 6.92. The van der Waals surface area contributed by atoms with E-state index in [1.165, 1.54) is 6.07 Å². The van der Waals surface area contributed by atoms with Crippen LogP contribution in [0.3, 0.4) is 0 Å². The molecule has 1 aromatic carbocycles. The first-order chi connectivity index (χ1) is 8.90. The molecule has 2 rings (SSSR count). The first kappa shape index (κ1) is 14.7. The zero-order valence-electron chi connectivity index (χ0n) is 10.6. The van der Waals surface area contributed by atoms with Gasteiger partial charge in [0.2, 0.25) is 0 Å². The van der Waals surface area contributed by atoms with Crippen LogP contribution in [0.1, 0.15) is 17.9 Å². The van der Waals surface area contributed by atoms with Gasteiger partial charge < -0.3 is 4.90 Å². The maximum absolute atomic E-state index is 13.7. The van der Waals surface area contributed by atoms with Gasteiger partial charge in [0.15, 0.2) is 0 Å². The number of hydrogen-bond acceptors (Lipinski definition) is 1. The van der Waals surface area contributed by atoms with Crippen molar-refractivity contribution >= 4 is 40.5 Å². The van der Waals surface area contributed by atoms with E-state index in [0.717, 1.165) is 5.56 Å². The second-order valence-corrected chi connectivity index (χ2v) is 5.89. The number of allylic oxidation sites excluding steroid dienone is 4. The lowest BCUT2D eigenvalue weighted by molar-refractivity contribution is 0.624. The van der Waals surface area contributed by atoms with E-state index in [4.69, 9.17) is 34.8 Å². The molecule has 5 heteroatoms. The van der Waals surface area contributed by atoms with Crippen LogP contribution >= 0.6 is 34.8 Å². The molecule has 0 saturated carbocycles. The van der Waals surface area contributed by atoms with Crippen molar-refractivity contribution in [3.63, 3.8) is 0 Å². The van der Waals surface area contributed by atoms with Crippen molar-refractivity contribution < 1.29 is 4.39 Å². The van der Waals surface area contributed by atoms with Crippen LogP contribution in [0, 0.1) is 5.82 Å². The summed E-state index contributed by atoms with van der Waals surface area (Å²) >= 11 is 18.1. The molecule has 0 aliphatic heterocycles. The summed E-state index contributed by atoms with van der Waals surface area (Å²) in [7, 11) is 3.60. The van der Waals surface area contributed by atoms with Crippen molar-refractivity contribution in [2.75, 3.05) is 19.0 Å². The zero-order chi connectivity index (χ0) is 14.2. The molecular formula is C14H13Cl3FN. The fourth-order valence-electron chi connectivity index (χ4n) is 2.04. The molecule has 19 heavy (non-hydrogen) atoms. The van der Waals surface area contributed by atoms with Crippen LogP contribution in [-0.4, -0.2) is 14.1 Å². The fourth-order valence-corrected chi connectivity index (χ4v) is 2.76. The van der Waals surface area contributed by atoms with Gasteiger partial charge in [0.25, 0.3) is 0 Å². The van der Waals surface area contributed by atoms with E-state index in [2.05, 4.69) is 0 Å². The third kappa shape index (κ3) is 3.07. The lowest BCUT2D eigenvalue weighted by atomic mass is 9.92. The summed E-state index contributed by atoms with van der Waals surface area (Å²) in [4.78, 5) is 1.73. The van der Waals surface area contributed by atoms with Gasteiger partial charge in [-0.05, 0) is 24.1 Å². The highest BCUT2D eigenvalue weighted by atomic mass is 35.5. The summed E-state index contributed by atoms with van der Waals surface area (Å²) in [6.07, 6.45) is 2.43.